The van der Waals surface area contributed by atoms with E-state index in [1.165, 1.54) is 32.1 Å². The van der Waals surface area contributed by atoms with Crippen LogP contribution in [0.3, 0.4) is 0 Å². The number of unbranched alkanes of at least 4 members (excludes halogenated alkanes) is 9. The molecule has 0 spiro atoms. The Morgan fingerprint density at radius 2 is 0.786 bits per heavy atom. The van der Waals surface area contributed by atoms with Crippen LogP contribution in [0, 0.1) is 0 Å². The summed E-state index contributed by atoms with van der Waals surface area (Å²) in [7, 11) is 0. The van der Waals surface area contributed by atoms with E-state index in [2.05, 4.69) is 153 Å². The number of hydrogen-bond acceptors (Lipinski definition) is 3. The van der Waals surface area contributed by atoms with Crippen molar-refractivity contribution >= 4 is 5.91 Å². The Bertz CT molecular complexity index is 1190. The van der Waals surface area contributed by atoms with Crippen molar-refractivity contribution in [2.24, 2.45) is 0 Å². The zero-order chi connectivity index (χ0) is 40.7. The molecule has 56 heavy (non-hydrogen) atoms. The number of aliphatic hydroxyl groups is 2. The second-order valence-electron chi connectivity index (χ2n) is 14.4. The number of aliphatic hydroxyl groups excluding tert-OH is 2. The monoisotopic (exact) mass is 770 g/mol. The van der Waals surface area contributed by atoms with Crippen molar-refractivity contribution < 1.29 is 15.0 Å². The number of nitrogens with one attached hydrogen (secondary N) is 1. The van der Waals surface area contributed by atoms with Crippen LogP contribution < -0.4 is 5.32 Å². The highest BCUT2D eigenvalue weighted by atomic mass is 16.3. The molecule has 0 aliphatic rings. The van der Waals surface area contributed by atoms with E-state index in [1.54, 1.807) is 0 Å². The summed E-state index contributed by atoms with van der Waals surface area (Å²) in [5, 5.41) is 22.8. The first-order chi connectivity index (χ1) is 27.7. The van der Waals surface area contributed by atoms with E-state index in [0.29, 0.717) is 12.8 Å². The average molecular weight is 770 g/mol. The van der Waals surface area contributed by atoms with E-state index in [9.17, 15) is 15.0 Å². The van der Waals surface area contributed by atoms with Crippen molar-refractivity contribution in [3.63, 3.8) is 0 Å². The molecule has 2 unspecified atom stereocenters. The fourth-order valence-electron chi connectivity index (χ4n) is 5.77. The first-order valence-corrected chi connectivity index (χ1v) is 22.4. The molecule has 314 valence electrons. The van der Waals surface area contributed by atoms with Gasteiger partial charge >= 0.3 is 0 Å². The van der Waals surface area contributed by atoms with Gasteiger partial charge in [0.25, 0.3) is 0 Å². The van der Waals surface area contributed by atoms with Crippen LogP contribution in [0.15, 0.2) is 134 Å². The summed E-state index contributed by atoms with van der Waals surface area (Å²) in [6.45, 7) is 4.13. The van der Waals surface area contributed by atoms with E-state index in [-0.39, 0.29) is 12.5 Å². The third-order valence-electron chi connectivity index (χ3n) is 9.18. The van der Waals surface area contributed by atoms with Crippen LogP contribution in [0.5, 0.6) is 0 Å². The molecule has 0 rings (SSSR count). The van der Waals surface area contributed by atoms with Crippen LogP contribution in [0.4, 0.5) is 0 Å². The SMILES string of the molecule is CC/C=C\C/C=C\C/C=C\C/C=C\C/C=C\C/C=C\C/C=C\C/C=C\C/C=C\C/C=C\C/C=C\CCCCCCCC(=O)NC(CO)C(O)CCCCCCC. The van der Waals surface area contributed by atoms with Gasteiger partial charge in [0.2, 0.25) is 5.91 Å². The van der Waals surface area contributed by atoms with Crippen molar-refractivity contribution in [2.75, 3.05) is 6.61 Å². The lowest BCUT2D eigenvalue weighted by Crippen LogP contribution is -2.45. The molecule has 0 aliphatic carbocycles. The Labute approximate surface area is 345 Å². The Hall–Kier alpha value is -3.47. The molecule has 1 amide bonds. The summed E-state index contributed by atoms with van der Waals surface area (Å²) in [5.74, 6) is -0.0650. The lowest BCUT2D eigenvalue weighted by molar-refractivity contribution is -0.123. The molecule has 0 aromatic heterocycles. The highest BCUT2D eigenvalue weighted by Crippen LogP contribution is 2.11. The normalized spacial score (nSPS) is 14.3. The first-order valence-electron chi connectivity index (χ1n) is 22.4. The third kappa shape index (κ3) is 41.7. The lowest BCUT2D eigenvalue weighted by Gasteiger charge is -2.22. The molecule has 0 bridgehead atoms. The number of carbonyl (C=O) groups is 1. The highest BCUT2D eigenvalue weighted by Gasteiger charge is 2.19. The van der Waals surface area contributed by atoms with Crippen LogP contribution in [-0.4, -0.2) is 34.9 Å². The van der Waals surface area contributed by atoms with Crippen LogP contribution in [0.1, 0.15) is 168 Å². The summed E-state index contributed by atoms with van der Waals surface area (Å²) in [4.78, 5) is 12.3. The van der Waals surface area contributed by atoms with Gasteiger partial charge in [0.1, 0.15) is 0 Å². The van der Waals surface area contributed by atoms with E-state index in [1.807, 2.05) is 0 Å². The van der Waals surface area contributed by atoms with Gasteiger partial charge in [-0.3, -0.25) is 4.79 Å². The van der Waals surface area contributed by atoms with Crippen LogP contribution in [0.25, 0.3) is 0 Å². The van der Waals surface area contributed by atoms with Gasteiger partial charge in [-0.05, 0) is 96.3 Å². The molecule has 3 N–H and O–H groups in total. The molecule has 2 atom stereocenters. The van der Waals surface area contributed by atoms with Crippen LogP contribution >= 0.6 is 0 Å². The summed E-state index contributed by atoms with van der Waals surface area (Å²) in [6, 6.07) is -0.552. The Morgan fingerprint density at radius 3 is 1.18 bits per heavy atom. The zero-order valence-corrected chi connectivity index (χ0v) is 35.8. The molecule has 4 nitrogen and oxygen atoms in total. The predicted octanol–water partition coefficient (Wildman–Crippen LogP) is 14.3. The maximum absolute atomic E-state index is 12.3. The zero-order valence-electron chi connectivity index (χ0n) is 35.8. The van der Waals surface area contributed by atoms with Gasteiger partial charge in [-0.1, -0.05) is 199 Å². The summed E-state index contributed by atoms with van der Waals surface area (Å²) >= 11 is 0. The largest absolute Gasteiger partial charge is 0.394 e. The molecular formula is C52H83NO3. The van der Waals surface area contributed by atoms with E-state index >= 15 is 0 Å². The Balaban J connectivity index is 3.67. The molecule has 0 aromatic carbocycles. The van der Waals surface area contributed by atoms with Gasteiger partial charge in [0.05, 0.1) is 18.8 Å². The van der Waals surface area contributed by atoms with Gasteiger partial charge in [0.15, 0.2) is 0 Å². The molecule has 0 saturated heterocycles. The highest BCUT2D eigenvalue weighted by molar-refractivity contribution is 5.76. The first kappa shape index (κ1) is 52.5. The standard InChI is InChI=1S/C52H83NO3/c1-3-5-7-9-10-11-12-13-14-15-16-17-18-19-20-21-22-23-24-25-26-27-28-29-30-31-32-33-34-35-36-37-38-39-40-41-42-44-46-48-52(56)53-50(49-54)51(55)47-45-43-8-6-4-2/h5,7,10-11,13-14,16-17,19-20,22-23,25-26,28-29,31-32,34-35,37-38,50-51,54-55H,3-4,6,8-9,12,15,18,21,24,27,30,33,36,39-49H2,1-2H3,(H,53,56)/b7-5-,11-10-,14-13-,17-16-,20-19-,23-22-,26-25-,29-28-,32-31-,35-34-,38-37-. The van der Waals surface area contributed by atoms with Crippen molar-refractivity contribution in [1.29, 1.82) is 0 Å². The molecule has 0 fully saturated rings. The van der Waals surface area contributed by atoms with Gasteiger partial charge in [-0.25, -0.2) is 0 Å². The summed E-state index contributed by atoms with van der Waals surface area (Å²) in [6.07, 6.45) is 72.8. The van der Waals surface area contributed by atoms with E-state index in [4.69, 9.17) is 0 Å². The number of amides is 1. The van der Waals surface area contributed by atoms with Crippen molar-refractivity contribution in [3.05, 3.63) is 134 Å². The molecule has 4 heteroatoms. The third-order valence-corrected chi connectivity index (χ3v) is 9.18. The van der Waals surface area contributed by atoms with Crippen molar-refractivity contribution in [2.45, 2.75) is 180 Å². The molecule has 0 saturated carbocycles. The smallest absolute Gasteiger partial charge is 0.220 e. The van der Waals surface area contributed by atoms with Crippen molar-refractivity contribution in [1.82, 2.24) is 5.32 Å². The Morgan fingerprint density at radius 1 is 0.446 bits per heavy atom. The molecule has 0 aromatic rings. The van der Waals surface area contributed by atoms with Gasteiger partial charge in [-0.15, -0.1) is 0 Å². The lowest BCUT2D eigenvalue weighted by atomic mass is 10.0. The molecule has 0 aliphatic heterocycles. The minimum atomic E-state index is -0.672. The fourth-order valence-corrected chi connectivity index (χ4v) is 5.77. The molecular weight excluding hydrogens is 687 g/mol. The quantitative estimate of drug-likeness (QED) is 0.0433. The van der Waals surface area contributed by atoms with Gasteiger partial charge < -0.3 is 15.5 Å². The number of allylic oxidation sites excluding steroid dienone is 22. The maximum atomic E-state index is 12.3. The number of rotatable bonds is 38. The van der Waals surface area contributed by atoms with Crippen molar-refractivity contribution in [3.8, 4) is 0 Å². The minimum absolute atomic E-state index is 0.0650. The van der Waals surface area contributed by atoms with Gasteiger partial charge in [-0.2, -0.15) is 0 Å². The average Bonchev–Trinajstić information content (AvgIpc) is 3.20. The second-order valence-corrected chi connectivity index (χ2v) is 14.4. The van der Waals surface area contributed by atoms with Crippen LogP contribution in [0.2, 0.25) is 0 Å². The predicted molar refractivity (Wildman–Crippen MR) is 248 cm³/mol. The Kier molecular flexibility index (Phi) is 43.1. The maximum Gasteiger partial charge on any atom is 0.220 e. The number of carbonyl (C=O) groups excluding carboxylic acids is 1. The molecule has 0 radical (unpaired) electrons. The second kappa shape index (κ2) is 45.9. The minimum Gasteiger partial charge on any atom is -0.394 e. The summed E-state index contributed by atoms with van der Waals surface area (Å²) in [5.41, 5.74) is 0. The fraction of sp³-hybridized carbons (Fsp3) is 0.558. The summed E-state index contributed by atoms with van der Waals surface area (Å²) < 4.78 is 0. The van der Waals surface area contributed by atoms with E-state index < -0.39 is 12.1 Å². The van der Waals surface area contributed by atoms with Crippen LogP contribution in [-0.2, 0) is 4.79 Å². The number of hydrogen-bond donors (Lipinski definition) is 3. The van der Waals surface area contributed by atoms with E-state index in [0.717, 1.165) is 109 Å². The topological polar surface area (TPSA) is 69.6 Å². The van der Waals surface area contributed by atoms with Gasteiger partial charge in [0, 0.05) is 6.42 Å². The molecule has 0 heterocycles.